The van der Waals surface area contributed by atoms with Gasteiger partial charge in [0.15, 0.2) is 5.65 Å². The number of nitrogens with zero attached hydrogens (tertiary/aromatic N) is 3. The van der Waals surface area contributed by atoms with Gasteiger partial charge in [-0.1, -0.05) is 42.5 Å². The fourth-order valence-corrected chi connectivity index (χ4v) is 3.40. The summed E-state index contributed by atoms with van der Waals surface area (Å²) in [5.74, 6) is -0.887. The van der Waals surface area contributed by atoms with Crippen molar-refractivity contribution in [2.45, 2.75) is 13.1 Å². The van der Waals surface area contributed by atoms with Crippen molar-refractivity contribution in [3.63, 3.8) is 0 Å². The number of aromatic nitrogens is 3. The maximum absolute atomic E-state index is 13.8. The summed E-state index contributed by atoms with van der Waals surface area (Å²) in [5, 5.41) is 13.7. The molecule has 1 amide bonds. The number of nitrogens with one attached hydrogen (secondary N) is 2. The number of aromatic amines is 1. The summed E-state index contributed by atoms with van der Waals surface area (Å²) in [7, 11) is 0. The molecule has 2 aromatic carbocycles. The fourth-order valence-electron chi connectivity index (χ4n) is 3.40. The Hall–Kier alpha value is -4.39. The Bertz CT molecular complexity index is 1450. The molecule has 2 heterocycles. The van der Waals surface area contributed by atoms with E-state index >= 15 is 0 Å². The van der Waals surface area contributed by atoms with Gasteiger partial charge in [0.05, 0.1) is 22.5 Å². The average Bonchev–Trinajstić information content (AvgIpc) is 3.15. The molecular formula is C22H14F3N5O2. The monoisotopic (exact) mass is 437 g/mol. The van der Waals surface area contributed by atoms with Gasteiger partial charge in [-0.25, -0.2) is 4.98 Å². The van der Waals surface area contributed by atoms with Gasteiger partial charge in [-0.15, -0.1) is 0 Å². The van der Waals surface area contributed by atoms with Crippen LogP contribution < -0.4 is 10.9 Å². The number of benzene rings is 2. The number of alkyl halides is 3. The molecule has 10 heteroatoms. The van der Waals surface area contributed by atoms with Crippen molar-refractivity contribution >= 4 is 17.2 Å². The fraction of sp³-hybridized carbons (Fsp3) is 0.0909. The van der Waals surface area contributed by atoms with E-state index in [2.05, 4.69) is 15.4 Å². The number of hydrogen-bond donors (Lipinski definition) is 2. The number of carbonyl (C=O) groups excluding carboxylic acids is 1. The molecular weight excluding hydrogens is 423 g/mol. The van der Waals surface area contributed by atoms with Crippen LogP contribution in [0.2, 0.25) is 0 Å². The smallest absolute Gasteiger partial charge is 0.321 e. The highest BCUT2D eigenvalue weighted by atomic mass is 19.4. The summed E-state index contributed by atoms with van der Waals surface area (Å²) in [4.78, 5) is 30.0. The lowest BCUT2D eigenvalue weighted by Crippen LogP contribution is -2.29. The Morgan fingerprint density at radius 2 is 1.78 bits per heavy atom. The van der Waals surface area contributed by atoms with Gasteiger partial charge in [-0.3, -0.25) is 14.7 Å². The number of hydrogen-bond acceptors (Lipinski definition) is 4. The maximum atomic E-state index is 13.8. The lowest BCUT2D eigenvalue weighted by Gasteiger charge is -2.09. The Labute approximate surface area is 178 Å². The molecule has 0 saturated heterocycles. The minimum atomic E-state index is -4.80. The number of anilines is 1. The van der Waals surface area contributed by atoms with E-state index in [0.29, 0.717) is 4.52 Å². The second kappa shape index (κ2) is 7.70. The van der Waals surface area contributed by atoms with Gasteiger partial charge >= 0.3 is 6.18 Å². The van der Waals surface area contributed by atoms with Crippen molar-refractivity contribution in [2.75, 3.05) is 5.32 Å². The lowest BCUT2D eigenvalue weighted by molar-refractivity contribution is -0.140. The molecule has 0 radical (unpaired) electrons. The lowest BCUT2D eigenvalue weighted by atomic mass is 10.1. The first-order chi connectivity index (χ1) is 15.2. The first-order valence-electron chi connectivity index (χ1n) is 9.30. The van der Waals surface area contributed by atoms with Crippen LogP contribution in [-0.2, 0) is 6.18 Å². The molecule has 0 aliphatic carbocycles. The van der Waals surface area contributed by atoms with Gasteiger partial charge in [-0.05, 0) is 24.6 Å². The minimum Gasteiger partial charge on any atom is -0.321 e. The number of fused-ring (bicyclic) bond motifs is 1. The molecule has 0 aliphatic rings. The third-order valence-corrected chi connectivity index (χ3v) is 4.83. The van der Waals surface area contributed by atoms with Gasteiger partial charge in [-0.2, -0.15) is 22.9 Å². The second-order valence-electron chi connectivity index (χ2n) is 6.87. The van der Waals surface area contributed by atoms with Crippen LogP contribution in [0, 0.1) is 18.3 Å². The Morgan fingerprint density at radius 1 is 1.12 bits per heavy atom. The normalized spacial score (nSPS) is 11.3. The quantitative estimate of drug-likeness (QED) is 0.503. The number of H-pyrrole nitrogens is 1. The van der Waals surface area contributed by atoms with Gasteiger partial charge < -0.3 is 5.32 Å². The summed E-state index contributed by atoms with van der Waals surface area (Å²) in [6, 6.07) is 15.8. The van der Waals surface area contributed by atoms with Crippen molar-refractivity contribution in [1.82, 2.24) is 14.6 Å². The van der Waals surface area contributed by atoms with Crippen LogP contribution in [0.4, 0.5) is 18.9 Å². The van der Waals surface area contributed by atoms with Crippen molar-refractivity contribution in [3.05, 3.63) is 87.5 Å². The number of rotatable bonds is 3. The molecule has 4 rings (SSSR count). The topological polar surface area (TPSA) is 103 Å². The first-order valence-corrected chi connectivity index (χ1v) is 9.30. The molecule has 2 N–H and O–H groups in total. The zero-order chi connectivity index (χ0) is 23.0. The molecule has 0 spiro atoms. The van der Waals surface area contributed by atoms with Gasteiger partial charge in [0.1, 0.15) is 17.3 Å². The molecule has 0 saturated carbocycles. The van der Waals surface area contributed by atoms with Gasteiger partial charge in [0.2, 0.25) is 0 Å². The van der Waals surface area contributed by atoms with Crippen LogP contribution in [0.25, 0.3) is 16.8 Å². The second-order valence-corrected chi connectivity index (χ2v) is 6.87. The average molecular weight is 437 g/mol. The summed E-state index contributed by atoms with van der Waals surface area (Å²) in [5.41, 5.74) is -2.64. The van der Waals surface area contributed by atoms with E-state index in [1.165, 1.54) is 31.2 Å². The highest BCUT2D eigenvalue weighted by molar-refractivity contribution is 6.05. The number of halogens is 3. The van der Waals surface area contributed by atoms with Crippen LogP contribution in [0.1, 0.15) is 27.3 Å². The number of carbonyl (C=O) groups is 1. The third kappa shape index (κ3) is 3.50. The van der Waals surface area contributed by atoms with Crippen LogP contribution in [-0.4, -0.2) is 20.5 Å². The number of nitriles is 1. The van der Waals surface area contributed by atoms with E-state index in [-0.39, 0.29) is 33.7 Å². The molecule has 7 nitrogen and oxygen atoms in total. The Morgan fingerprint density at radius 3 is 2.44 bits per heavy atom. The van der Waals surface area contributed by atoms with Crippen molar-refractivity contribution < 1.29 is 18.0 Å². The standard InChI is InChI=1S/C22H14F3N5O2/c1-12-16(20(31)28-15-10-6-5-9-14(15)11-26)21(32)30-19(27-12)17(13-7-3-2-4-8-13)18(29-30)22(23,24)25/h2-10,29H,1H3,(H,28,31). The Kier molecular flexibility index (Phi) is 5.02. The summed E-state index contributed by atoms with van der Waals surface area (Å²) in [6.45, 7) is 1.36. The highest BCUT2D eigenvalue weighted by Crippen LogP contribution is 2.38. The molecule has 2 aromatic heterocycles. The van der Waals surface area contributed by atoms with Gasteiger partial charge in [0, 0.05) is 0 Å². The zero-order valence-electron chi connectivity index (χ0n) is 16.5. The van der Waals surface area contributed by atoms with E-state index in [1.54, 1.807) is 30.3 Å². The zero-order valence-corrected chi connectivity index (χ0v) is 16.5. The minimum absolute atomic E-state index is 0.0492. The molecule has 32 heavy (non-hydrogen) atoms. The summed E-state index contributed by atoms with van der Waals surface area (Å²) >= 11 is 0. The molecule has 0 fully saturated rings. The summed E-state index contributed by atoms with van der Waals surface area (Å²) < 4.78 is 41.9. The van der Waals surface area contributed by atoms with E-state index in [1.807, 2.05) is 6.07 Å². The molecule has 160 valence electrons. The van der Waals surface area contributed by atoms with E-state index < -0.39 is 28.9 Å². The molecule has 0 unspecified atom stereocenters. The van der Waals surface area contributed by atoms with E-state index in [0.717, 1.165) is 0 Å². The highest BCUT2D eigenvalue weighted by Gasteiger charge is 2.38. The van der Waals surface area contributed by atoms with Crippen LogP contribution in [0.15, 0.2) is 59.4 Å². The predicted octanol–water partition coefficient (Wildman–Crippen LogP) is 4.14. The van der Waals surface area contributed by atoms with Crippen molar-refractivity contribution in [1.29, 1.82) is 5.26 Å². The van der Waals surface area contributed by atoms with E-state index in [9.17, 15) is 28.0 Å². The number of amides is 1. The number of para-hydroxylation sites is 1. The molecule has 0 aliphatic heterocycles. The van der Waals surface area contributed by atoms with Crippen LogP contribution in [0.3, 0.4) is 0 Å². The van der Waals surface area contributed by atoms with E-state index in [4.69, 9.17) is 0 Å². The van der Waals surface area contributed by atoms with Crippen molar-refractivity contribution in [2.24, 2.45) is 0 Å². The Balaban J connectivity index is 1.92. The maximum Gasteiger partial charge on any atom is 0.433 e. The largest absolute Gasteiger partial charge is 0.433 e. The predicted molar refractivity (Wildman–Crippen MR) is 110 cm³/mol. The van der Waals surface area contributed by atoms with Crippen LogP contribution in [0.5, 0.6) is 0 Å². The molecule has 0 bridgehead atoms. The number of aryl methyl sites for hydroxylation is 1. The first kappa shape index (κ1) is 20.9. The third-order valence-electron chi connectivity index (χ3n) is 4.83. The molecule has 4 aromatic rings. The summed E-state index contributed by atoms with van der Waals surface area (Å²) in [6.07, 6.45) is -4.80. The SMILES string of the molecule is Cc1nc2c(-c3ccccc3)c(C(F)(F)F)[nH]n2c(=O)c1C(=O)Nc1ccccc1C#N. The van der Waals surface area contributed by atoms with Gasteiger partial charge in [0.25, 0.3) is 11.5 Å². The van der Waals surface area contributed by atoms with Crippen molar-refractivity contribution in [3.8, 4) is 17.2 Å². The molecule has 0 atom stereocenters. The van der Waals surface area contributed by atoms with Crippen LogP contribution >= 0.6 is 0 Å².